The monoisotopic (exact) mass is 228 g/mol. The van der Waals surface area contributed by atoms with Crippen LogP contribution in [0.5, 0.6) is 0 Å². The molecule has 0 spiro atoms. The van der Waals surface area contributed by atoms with Crippen LogP contribution in [-0.4, -0.2) is 4.98 Å². The molecule has 3 rings (SSSR count). The van der Waals surface area contributed by atoms with E-state index in [9.17, 15) is 0 Å². The van der Waals surface area contributed by atoms with Crippen LogP contribution in [0.1, 0.15) is 48.9 Å². The molecular weight excluding hydrogens is 208 g/mol. The second-order valence-corrected chi connectivity index (χ2v) is 5.16. The predicted octanol–water partition coefficient (Wildman–Crippen LogP) is 3.46. The van der Waals surface area contributed by atoms with Gasteiger partial charge in [-0.05, 0) is 54.5 Å². The molecule has 1 aromatic carbocycles. The van der Waals surface area contributed by atoms with Gasteiger partial charge in [0.2, 0.25) is 0 Å². The Morgan fingerprint density at radius 2 is 2.06 bits per heavy atom. The Labute approximate surface area is 102 Å². The van der Waals surface area contributed by atoms with E-state index >= 15 is 0 Å². The Balaban J connectivity index is 2.09. The smallest absolute Gasteiger partial charge is 0.0460 e. The van der Waals surface area contributed by atoms with Crippen LogP contribution in [0.25, 0.3) is 10.9 Å². The molecule has 0 bridgehead atoms. The van der Waals surface area contributed by atoms with Crippen molar-refractivity contribution in [2.24, 2.45) is 5.73 Å². The molecule has 2 aromatic rings. The number of fused-ring (bicyclic) bond motifs is 2. The maximum absolute atomic E-state index is 6.24. The van der Waals surface area contributed by atoms with Crippen molar-refractivity contribution in [3.8, 4) is 0 Å². The Morgan fingerprint density at radius 3 is 2.82 bits per heavy atom. The molecule has 17 heavy (non-hydrogen) atoms. The van der Waals surface area contributed by atoms with Crippen molar-refractivity contribution in [3.05, 3.63) is 35.0 Å². The van der Waals surface area contributed by atoms with E-state index < -0.39 is 0 Å². The van der Waals surface area contributed by atoms with Gasteiger partial charge in [-0.3, -0.25) is 0 Å². The number of aromatic amines is 1. The van der Waals surface area contributed by atoms with Crippen LogP contribution in [0.15, 0.2) is 18.3 Å². The second-order valence-electron chi connectivity index (χ2n) is 5.16. The van der Waals surface area contributed by atoms with E-state index in [0.717, 1.165) is 12.8 Å². The van der Waals surface area contributed by atoms with Gasteiger partial charge in [0.1, 0.15) is 0 Å². The molecule has 0 aliphatic heterocycles. The minimum Gasteiger partial charge on any atom is -0.361 e. The van der Waals surface area contributed by atoms with Crippen molar-refractivity contribution in [2.45, 2.75) is 45.1 Å². The first-order valence-corrected chi connectivity index (χ1v) is 6.68. The highest BCUT2D eigenvalue weighted by Crippen LogP contribution is 2.31. The van der Waals surface area contributed by atoms with Crippen molar-refractivity contribution in [2.75, 3.05) is 0 Å². The summed E-state index contributed by atoms with van der Waals surface area (Å²) in [5.74, 6) is 0. The van der Waals surface area contributed by atoms with Gasteiger partial charge in [0, 0.05) is 23.1 Å². The maximum Gasteiger partial charge on any atom is 0.0460 e. The Bertz CT molecular complexity index is 539. The standard InChI is InChI=1S/C15H20N2/c1-2-4-14(16)13-9-17-15-8-11-6-3-5-10(11)7-12(13)15/h7-9,14,17H,2-6,16H2,1H3. The van der Waals surface area contributed by atoms with Crippen molar-refractivity contribution in [1.29, 1.82) is 0 Å². The molecule has 0 radical (unpaired) electrons. The van der Waals surface area contributed by atoms with E-state index in [0.29, 0.717) is 0 Å². The fraction of sp³-hybridized carbons (Fsp3) is 0.467. The number of nitrogens with one attached hydrogen (secondary N) is 1. The highest BCUT2D eigenvalue weighted by molar-refractivity contribution is 5.85. The van der Waals surface area contributed by atoms with Gasteiger partial charge in [-0.15, -0.1) is 0 Å². The van der Waals surface area contributed by atoms with E-state index in [2.05, 4.69) is 30.2 Å². The Kier molecular flexibility index (Phi) is 2.67. The minimum atomic E-state index is 0.174. The summed E-state index contributed by atoms with van der Waals surface area (Å²) in [5, 5.41) is 1.34. The summed E-state index contributed by atoms with van der Waals surface area (Å²) in [4.78, 5) is 3.38. The predicted molar refractivity (Wildman–Crippen MR) is 72.2 cm³/mol. The third kappa shape index (κ3) is 1.77. The fourth-order valence-corrected chi connectivity index (χ4v) is 2.99. The summed E-state index contributed by atoms with van der Waals surface area (Å²) in [6.45, 7) is 2.19. The molecule has 1 aliphatic rings. The lowest BCUT2D eigenvalue weighted by atomic mass is 10.00. The number of aryl methyl sites for hydroxylation is 2. The molecule has 0 fully saturated rings. The number of hydrogen-bond acceptors (Lipinski definition) is 1. The molecule has 0 saturated heterocycles. The highest BCUT2D eigenvalue weighted by atomic mass is 14.7. The number of H-pyrrole nitrogens is 1. The van der Waals surface area contributed by atoms with Crippen molar-refractivity contribution in [1.82, 2.24) is 4.98 Å². The molecular formula is C15H20N2. The average Bonchev–Trinajstić information content (AvgIpc) is 2.91. The molecule has 2 nitrogen and oxygen atoms in total. The lowest BCUT2D eigenvalue weighted by molar-refractivity contribution is 0.642. The molecule has 0 saturated carbocycles. The zero-order valence-electron chi connectivity index (χ0n) is 10.4. The summed E-state index contributed by atoms with van der Waals surface area (Å²) in [6, 6.07) is 4.85. The third-order valence-electron chi connectivity index (χ3n) is 3.93. The maximum atomic E-state index is 6.24. The van der Waals surface area contributed by atoms with E-state index in [4.69, 9.17) is 5.73 Å². The average molecular weight is 228 g/mol. The van der Waals surface area contributed by atoms with Crippen LogP contribution in [0.2, 0.25) is 0 Å². The van der Waals surface area contributed by atoms with Gasteiger partial charge in [-0.25, -0.2) is 0 Å². The largest absolute Gasteiger partial charge is 0.361 e. The first kappa shape index (κ1) is 10.8. The summed E-state index contributed by atoms with van der Waals surface area (Å²) in [6.07, 6.45) is 8.07. The lowest BCUT2D eigenvalue weighted by Gasteiger charge is -2.09. The van der Waals surface area contributed by atoms with Gasteiger partial charge in [0.05, 0.1) is 0 Å². The van der Waals surface area contributed by atoms with E-state index in [1.54, 1.807) is 0 Å². The number of nitrogens with two attached hydrogens (primary N) is 1. The molecule has 1 aliphatic carbocycles. The Morgan fingerprint density at radius 1 is 1.29 bits per heavy atom. The number of hydrogen-bond donors (Lipinski definition) is 2. The van der Waals surface area contributed by atoms with Gasteiger partial charge < -0.3 is 10.7 Å². The molecule has 0 amide bonds. The topological polar surface area (TPSA) is 41.8 Å². The SMILES string of the molecule is CCCC(N)c1c[nH]c2cc3c(cc12)CCC3. The van der Waals surface area contributed by atoms with Gasteiger partial charge in [0.15, 0.2) is 0 Å². The fourth-order valence-electron chi connectivity index (χ4n) is 2.99. The summed E-state index contributed by atoms with van der Waals surface area (Å²) in [7, 11) is 0. The van der Waals surface area contributed by atoms with Crippen molar-refractivity contribution in [3.63, 3.8) is 0 Å². The third-order valence-corrected chi connectivity index (χ3v) is 3.93. The zero-order chi connectivity index (χ0) is 11.8. The molecule has 1 atom stereocenters. The van der Waals surface area contributed by atoms with Crippen LogP contribution in [0.3, 0.4) is 0 Å². The molecule has 1 heterocycles. The van der Waals surface area contributed by atoms with Gasteiger partial charge in [-0.1, -0.05) is 13.3 Å². The van der Waals surface area contributed by atoms with E-state index in [1.165, 1.54) is 46.9 Å². The first-order chi connectivity index (χ1) is 8.29. The van der Waals surface area contributed by atoms with Crippen LogP contribution >= 0.6 is 0 Å². The number of rotatable bonds is 3. The van der Waals surface area contributed by atoms with E-state index in [-0.39, 0.29) is 6.04 Å². The van der Waals surface area contributed by atoms with Gasteiger partial charge in [0.25, 0.3) is 0 Å². The lowest BCUT2D eigenvalue weighted by Crippen LogP contribution is -2.08. The molecule has 1 aromatic heterocycles. The molecule has 3 N–H and O–H groups in total. The van der Waals surface area contributed by atoms with Crippen molar-refractivity contribution < 1.29 is 0 Å². The number of benzene rings is 1. The van der Waals surface area contributed by atoms with Crippen LogP contribution in [0.4, 0.5) is 0 Å². The molecule has 90 valence electrons. The summed E-state index contributed by atoms with van der Waals surface area (Å²) in [5.41, 5.74) is 11.8. The summed E-state index contributed by atoms with van der Waals surface area (Å²) < 4.78 is 0. The summed E-state index contributed by atoms with van der Waals surface area (Å²) >= 11 is 0. The molecule has 2 heteroatoms. The number of aromatic nitrogens is 1. The minimum absolute atomic E-state index is 0.174. The quantitative estimate of drug-likeness (QED) is 0.830. The van der Waals surface area contributed by atoms with Gasteiger partial charge in [-0.2, -0.15) is 0 Å². The van der Waals surface area contributed by atoms with Gasteiger partial charge >= 0.3 is 0 Å². The highest BCUT2D eigenvalue weighted by Gasteiger charge is 2.16. The second kappa shape index (κ2) is 4.19. The van der Waals surface area contributed by atoms with E-state index in [1.807, 2.05) is 0 Å². The van der Waals surface area contributed by atoms with Crippen LogP contribution < -0.4 is 5.73 Å². The normalized spacial score (nSPS) is 16.4. The van der Waals surface area contributed by atoms with Crippen LogP contribution in [-0.2, 0) is 12.8 Å². The van der Waals surface area contributed by atoms with Crippen LogP contribution in [0, 0.1) is 0 Å². The zero-order valence-corrected chi connectivity index (χ0v) is 10.4. The first-order valence-electron chi connectivity index (χ1n) is 6.68. The Hall–Kier alpha value is -1.28. The van der Waals surface area contributed by atoms with Crippen molar-refractivity contribution >= 4 is 10.9 Å². The molecule has 1 unspecified atom stereocenters.